The fourth-order valence-electron chi connectivity index (χ4n) is 1.53. The highest BCUT2D eigenvalue weighted by atomic mass is 16.7. The van der Waals surface area contributed by atoms with Gasteiger partial charge in [0.15, 0.2) is 0 Å². The zero-order valence-electron chi connectivity index (χ0n) is 13.5. The van der Waals surface area contributed by atoms with Gasteiger partial charge in [-0.25, -0.2) is 0 Å². The lowest BCUT2D eigenvalue weighted by atomic mass is 10.3. The van der Waals surface area contributed by atoms with Crippen LogP contribution in [0.2, 0.25) is 0 Å². The molecule has 4 nitrogen and oxygen atoms in total. The Kier molecular flexibility index (Phi) is 7.69. The Morgan fingerprint density at radius 2 is 1.76 bits per heavy atom. The van der Waals surface area contributed by atoms with Crippen LogP contribution in [0, 0.1) is 0 Å². The number of hydrogen-bond acceptors (Lipinski definition) is 4. The van der Waals surface area contributed by atoms with Gasteiger partial charge in [0.2, 0.25) is 0 Å². The molecule has 0 aromatic heterocycles. The van der Waals surface area contributed by atoms with Crippen molar-refractivity contribution >= 4 is 0 Å². The second kappa shape index (κ2) is 9.29. The Hall–Kier alpha value is -1.68. The molecule has 4 heteroatoms. The topological polar surface area (TPSA) is 39.7 Å². The summed E-state index contributed by atoms with van der Waals surface area (Å²) < 4.78 is 11.4. The van der Waals surface area contributed by atoms with Gasteiger partial charge in [-0.2, -0.15) is 0 Å². The Labute approximate surface area is 128 Å². The monoisotopic (exact) mass is 293 g/mol. The van der Waals surface area contributed by atoms with Crippen molar-refractivity contribution in [3.8, 4) is 11.5 Å². The van der Waals surface area contributed by atoms with Gasteiger partial charge in [0.05, 0.1) is 18.8 Å². The van der Waals surface area contributed by atoms with Crippen molar-refractivity contribution in [2.24, 2.45) is 0 Å². The van der Waals surface area contributed by atoms with E-state index in [1.807, 2.05) is 38.1 Å². The van der Waals surface area contributed by atoms with Gasteiger partial charge < -0.3 is 9.47 Å². The van der Waals surface area contributed by atoms with Crippen LogP contribution >= 0.6 is 0 Å². The van der Waals surface area contributed by atoms with Crippen molar-refractivity contribution in [3.05, 3.63) is 36.5 Å². The molecule has 0 fully saturated rings. The molecule has 0 aliphatic rings. The molecule has 1 aromatic rings. The van der Waals surface area contributed by atoms with Crippen LogP contribution in [-0.2, 0) is 4.84 Å². The average molecular weight is 293 g/mol. The van der Waals surface area contributed by atoms with E-state index in [0.717, 1.165) is 30.0 Å². The van der Waals surface area contributed by atoms with Crippen LogP contribution in [0.3, 0.4) is 0 Å². The van der Waals surface area contributed by atoms with Crippen LogP contribution in [0.1, 0.15) is 40.5 Å². The number of ether oxygens (including phenoxy) is 2. The highest BCUT2D eigenvalue weighted by Gasteiger charge is 2.04. The predicted octanol–water partition coefficient (Wildman–Crippen LogP) is 4.08. The van der Waals surface area contributed by atoms with E-state index in [9.17, 15) is 0 Å². The minimum absolute atomic E-state index is 0.0645. The maximum absolute atomic E-state index is 5.72. The van der Waals surface area contributed by atoms with Gasteiger partial charge in [0, 0.05) is 12.1 Å². The van der Waals surface area contributed by atoms with E-state index < -0.39 is 0 Å². The first-order valence-corrected chi connectivity index (χ1v) is 7.48. The van der Waals surface area contributed by atoms with Gasteiger partial charge in [-0.1, -0.05) is 13.5 Å². The van der Waals surface area contributed by atoms with Crippen LogP contribution in [0.5, 0.6) is 11.5 Å². The highest BCUT2D eigenvalue weighted by molar-refractivity contribution is 5.31. The lowest BCUT2D eigenvalue weighted by Crippen LogP contribution is -2.21. The van der Waals surface area contributed by atoms with Gasteiger partial charge in [-0.3, -0.25) is 10.3 Å². The minimum atomic E-state index is 0.0645. The molecule has 0 saturated carbocycles. The molecule has 1 N–H and O–H groups in total. The molecule has 0 amide bonds. The quantitative estimate of drug-likeness (QED) is 0.660. The summed E-state index contributed by atoms with van der Waals surface area (Å²) in [5, 5.41) is 0. The molecule has 1 rings (SSSR count). The van der Waals surface area contributed by atoms with E-state index in [4.69, 9.17) is 14.3 Å². The number of benzene rings is 1. The summed E-state index contributed by atoms with van der Waals surface area (Å²) in [5.41, 5.74) is 3.55. The molecule has 0 heterocycles. The molecule has 0 saturated heterocycles. The predicted molar refractivity (Wildman–Crippen MR) is 85.4 cm³/mol. The molecule has 0 bridgehead atoms. The van der Waals surface area contributed by atoms with Gasteiger partial charge in [0.25, 0.3) is 0 Å². The normalized spacial score (nSPS) is 13.3. The Bertz CT molecular complexity index is 417. The molecule has 0 spiro atoms. The van der Waals surface area contributed by atoms with Crippen LogP contribution < -0.4 is 15.0 Å². The lowest BCUT2D eigenvalue weighted by Gasteiger charge is -2.15. The van der Waals surface area contributed by atoms with Gasteiger partial charge in [-0.05, 0) is 51.5 Å². The highest BCUT2D eigenvalue weighted by Crippen LogP contribution is 2.19. The first-order valence-electron chi connectivity index (χ1n) is 7.48. The molecule has 21 heavy (non-hydrogen) atoms. The molecular formula is C17H27NO3. The average Bonchev–Trinajstić information content (AvgIpc) is 2.46. The number of nitrogens with one attached hydrogen (secondary N) is 1. The summed E-state index contributed by atoms with van der Waals surface area (Å²) in [6, 6.07) is 7.72. The van der Waals surface area contributed by atoms with Crippen LogP contribution in [-0.4, -0.2) is 18.8 Å². The summed E-state index contributed by atoms with van der Waals surface area (Å²) in [6.45, 7) is 12.3. The summed E-state index contributed by atoms with van der Waals surface area (Å²) in [4.78, 5) is 5.37. The van der Waals surface area contributed by atoms with E-state index in [0.29, 0.717) is 6.61 Å². The molecule has 118 valence electrons. The molecule has 2 atom stereocenters. The fourth-order valence-corrected chi connectivity index (χ4v) is 1.53. The molecule has 0 aliphatic carbocycles. The fraction of sp³-hybridized carbons (Fsp3) is 0.529. The van der Waals surface area contributed by atoms with Crippen molar-refractivity contribution in [1.29, 1.82) is 0 Å². The zero-order chi connectivity index (χ0) is 15.7. The third-order valence-corrected chi connectivity index (χ3v) is 2.96. The lowest BCUT2D eigenvalue weighted by molar-refractivity contribution is -0.00695. The SMILES string of the molecule is C=C(C)NOC(C)CCOc1ccc(OC(C)CC)cc1. The zero-order valence-corrected chi connectivity index (χ0v) is 13.5. The van der Waals surface area contributed by atoms with E-state index in [1.54, 1.807) is 0 Å². The van der Waals surface area contributed by atoms with E-state index in [-0.39, 0.29) is 12.2 Å². The Morgan fingerprint density at radius 1 is 1.14 bits per heavy atom. The van der Waals surface area contributed by atoms with Gasteiger partial charge in [0.1, 0.15) is 11.5 Å². The van der Waals surface area contributed by atoms with Crippen molar-refractivity contribution in [2.45, 2.75) is 52.7 Å². The second-order valence-electron chi connectivity index (χ2n) is 5.26. The van der Waals surface area contributed by atoms with Crippen molar-refractivity contribution in [3.63, 3.8) is 0 Å². The standard InChI is InChI=1S/C17H27NO3/c1-6-14(4)20-17-9-7-16(8-10-17)19-12-11-15(5)21-18-13(2)3/h7-10,14-15,18H,2,6,11-12H2,1,3-5H3. The number of hydrogen-bond donors (Lipinski definition) is 1. The molecular weight excluding hydrogens is 266 g/mol. The largest absolute Gasteiger partial charge is 0.493 e. The maximum atomic E-state index is 5.72. The number of rotatable bonds is 10. The van der Waals surface area contributed by atoms with Gasteiger partial charge >= 0.3 is 0 Å². The van der Waals surface area contributed by atoms with E-state index in [1.165, 1.54) is 0 Å². The third kappa shape index (κ3) is 7.61. The second-order valence-corrected chi connectivity index (χ2v) is 5.26. The number of hydroxylamine groups is 1. The van der Waals surface area contributed by atoms with Crippen LogP contribution in [0.4, 0.5) is 0 Å². The smallest absolute Gasteiger partial charge is 0.119 e. The molecule has 0 aliphatic heterocycles. The maximum Gasteiger partial charge on any atom is 0.119 e. The number of allylic oxidation sites excluding steroid dienone is 1. The first-order chi connectivity index (χ1) is 10.0. The molecule has 1 aromatic carbocycles. The molecule has 2 unspecified atom stereocenters. The van der Waals surface area contributed by atoms with Crippen LogP contribution in [0.15, 0.2) is 36.5 Å². The van der Waals surface area contributed by atoms with E-state index in [2.05, 4.69) is 25.9 Å². The summed E-state index contributed by atoms with van der Waals surface area (Å²) in [6.07, 6.45) is 2.09. The van der Waals surface area contributed by atoms with Crippen molar-refractivity contribution < 1.29 is 14.3 Å². The van der Waals surface area contributed by atoms with Crippen molar-refractivity contribution in [2.75, 3.05) is 6.61 Å². The Balaban J connectivity index is 2.27. The van der Waals surface area contributed by atoms with Crippen molar-refractivity contribution in [1.82, 2.24) is 5.48 Å². The minimum Gasteiger partial charge on any atom is -0.493 e. The van der Waals surface area contributed by atoms with E-state index >= 15 is 0 Å². The summed E-state index contributed by atoms with van der Waals surface area (Å²) >= 11 is 0. The van der Waals surface area contributed by atoms with Crippen LogP contribution in [0.25, 0.3) is 0 Å². The van der Waals surface area contributed by atoms with Gasteiger partial charge in [-0.15, -0.1) is 0 Å². The Morgan fingerprint density at radius 3 is 2.33 bits per heavy atom. The summed E-state index contributed by atoms with van der Waals surface area (Å²) in [5.74, 6) is 1.71. The first kappa shape index (κ1) is 17.4. The third-order valence-electron chi connectivity index (χ3n) is 2.96. The summed E-state index contributed by atoms with van der Waals surface area (Å²) in [7, 11) is 0. The molecule has 0 radical (unpaired) electrons.